The molecule has 5 rings (SSSR count). The Morgan fingerprint density at radius 3 is 2.54 bits per heavy atom. The average molecular weight is 342 g/mol. The van der Waals surface area contributed by atoms with Gasteiger partial charge in [-0.25, -0.2) is 9.37 Å². The number of pyridine rings is 1. The number of nitrogens with zero attached hydrogens (tertiary/aromatic N) is 3. The molecule has 0 aliphatic heterocycles. The van der Waals surface area contributed by atoms with Gasteiger partial charge < -0.3 is 4.98 Å². The zero-order chi connectivity index (χ0) is 17.7. The van der Waals surface area contributed by atoms with Crippen LogP contribution in [0.15, 0.2) is 67.3 Å². The molecule has 0 aliphatic rings. The molecule has 0 saturated carbocycles. The highest BCUT2D eigenvalue weighted by Crippen LogP contribution is 2.35. The third kappa shape index (κ3) is 2.29. The summed E-state index contributed by atoms with van der Waals surface area (Å²) in [6, 6.07) is 12.9. The van der Waals surface area contributed by atoms with E-state index in [1.165, 1.54) is 12.1 Å². The molecule has 3 aromatic heterocycles. The van der Waals surface area contributed by atoms with Gasteiger partial charge >= 0.3 is 0 Å². The normalized spacial score (nSPS) is 11.5. The Kier molecular flexibility index (Phi) is 3.15. The Balaban J connectivity index is 1.80. The Bertz CT molecular complexity index is 1250. The van der Waals surface area contributed by atoms with Crippen molar-refractivity contribution in [3.05, 3.63) is 73.1 Å². The van der Waals surface area contributed by atoms with E-state index in [0.717, 1.165) is 44.1 Å². The Morgan fingerprint density at radius 2 is 1.77 bits per heavy atom. The lowest BCUT2D eigenvalue weighted by Gasteiger charge is -2.06. The first-order valence-electron chi connectivity index (χ1n) is 8.34. The number of halogens is 1. The summed E-state index contributed by atoms with van der Waals surface area (Å²) in [5.74, 6) is -0.240. The first-order chi connectivity index (χ1) is 12.7. The molecule has 26 heavy (non-hydrogen) atoms. The molecule has 1 N–H and O–H groups in total. The smallest absolute Gasteiger partial charge is 0.138 e. The van der Waals surface area contributed by atoms with Gasteiger partial charge in [0.05, 0.1) is 6.20 Å². The zero-order valence-corrected chi connectivity index (χ0v) is 14.1. The summed E-state index contributed by atoms with van der Waals surface area (Å²) in [5, 5.41) is 7.47. The summed E-state index contributed by atoms with van der Waals surface area (Å²) >= 11 is 0. The van der Waals surface area contributed by atoms with E-state index in [2.05, 4.69) is 33.3 Å². The zero-order valence-electron chi connectivity index (χ0n) is 14.1. The minimum atomic E-state index is -0.240. The quantitative estimate of drug-likeness (QED) is 0.495. The molecule has 0 fully saturated rings. The number of hydrogen-bond acceptors (Lipinski definition) is 2. The Hall–Kier alpha value is -3.47. The van der Waals surface area contributed by atoms with Crippen molar-refractivity contribution in [1.82, 2.24) is 19.7 Å². The predicted molar refractivity (Wildman–Crippen MR) is 101 cm³/mol. The maximum atomic E-state index is 13.3. The molecule has 0 saturated heterocycles. The lowest BCUT2D eigenvalue weighted by molar-refractivity contribution is 0.628. The number of H-pyrrole nitrogens is 1. The fraction of sp³-hybridized carbons (Fsp3) is 0.0476. The molecule has 5 heteroatoms. The minimum absolute atomic E-state index is 0.240. The number of hydrogen-bond donors (Lipinski definition) is 1. The maximum Gasteiger partial charge on any atom is 0.138 e. The van der Waals surface area contributed by atoms with E-state index in [1.54, 1.807) is 16.8 Å². The van der Waals surface area contributed by atoms with Gasteiger partial charge in [-0.2, -0.15) is 5.10 Å². The number of fused-ring (bicyclic) bond motifs is 3. The van der Waals surface area contributed by atoms with Crippen molar-refractivity contribution in [2.24, 2.45) is 7.05 Å². The minimum Gasteiger partial charge on any atom is -0.345 e. The van der Waals surface area contributed by atoms with Crippen LogP contribution in [0.2, 0.25) is 0 Å². The van der Waals surface area contributed by atoms with E-state index >= 15 is 0 Å². The fourth-order valence-electron chi connectivity index (χ4n) is 3.41. The van der Waals surface area contributed by atoms with Gasteiger partial charge in [0, 0.05) is 47.5 Å². The molecule has 0 amide bonds. The summed E-state index contributed by atoms with van der Waals surface area (Å²) in [6.45, 7) is 0. The number of benzene rings is 2. The molecular weight excluding hydrogens is 327 g/mol. The van der Waals surface area contributed by atoms with Crippen molar-refractivity contribution in [1.29, 1.82) is 0 Å². The maximum absolute atomic E-state index is 13.3. The van der Waals surface area contributed by atoms with E-state index in [0.29, 0.717) is 0 Å². The lowest BCUT2D eigenvalue weighted by atomic mass is 9.99. The number of rotatable bonds is 2. The van der Waals surface area contributed by atoms with Crippen LogP contribution in [-0.4, -0.2) is 19.7 Å². The molecule has 0 bridgehead atoms. The van der Waals surface area contributed by atoms with Crippen LogP contribution in [0.5, 0.6) is 0 Å². The predicted octanol–water partition coefficient (Wildman–Crippen LogP) is 4.92. The molecule has 0 aliphatic carbocycles. The molecule has 4 nitrogen and oxygen atoms in total. The molecule has 3 heterocycles. The summed E-state index contributed by atoms with van der Waals surface area (Å²) in [6.07, 6.45) is 7.66. The van der Waals surface area contributed by atoms with Crippen molar-refractivity contribution in [3.8, 4) is 22.3 Å². The number of aryl methyl sites for hydroxylation is 1. The lowest BCUT2D eigenvalue weighted by Crippen LogP contribution is -1.85. The van der Waals surface area contributed by atoms with Crippen LogP contribution in [0.3, 0.4) is 0 Å². The molecule has 0 unspecified atom stereocenters. The van der Waals surface area contributed by atoms with Crippen LogP contribution in [0, 0.1) is 5.82 Å². The second-order valence-corrected chi connectivity index (χ2v) is 6.40. The molecular formula is C21H15FN4. The summed E-state index contributed by atoms with van der Waals surface area (Å²) in [7, 11) is 1.91. The van der Waals surface area contributed by atoms with Crippen LogP contribution >= 0.6 is 0 Å². The van der Waals surface area contributed by atoms with Crippen molar-refractivity contribution in [3.63, 3.8) is 0 Å². The SMILES string of the molecule is Cn1cc(-c2ccc3cnc4[nH]cc(-c5ccc(F)cc5)c4c3c2)cn1. The number of nitrogens with one attached hydrogen (secondary N) is 1. The monoisotopic (exact) mass is 342 g/mol. The van der Waals surface area contributed by atoms with Crippen LogP contribution in [-0.2, 0) is 7.05 Å². The Morgan fingerprint density at radius 1 is 0.962 bits per heavy atom. The van der Waals surface area contributed by atoms with E-state index in [4.69, 9.17) is 0 Å². The summed E-state index contributed by atoms with van der Waals surface area (Å²) < 4.78 is 15.1. The van der Waals surface area contributed by atoms with Crippen molar-refractivity contribution in [2.75, 3.05) is 0 Å². The van der Waals surface area contributed by atoms with Gasteiger partial charge in [0.2, 0.25) is 0 Å². The topological polar surface area (TPSA) is 46.5 Å². The Labute approximate surface area is 148 Å². The molecule has 0 atom stereocenters. The summed E-state index contributed by atoms with van der Waals surface area (Å²) in [4.78, 5) is 7.77. The molecule has 0 radical (unpaired) electrons. The van der Waals surface area contributed by atoms with E-state index in [9.17, 15) is 4.39 Å². The van der Waals surface area contributed by atoms with Crippen LogP contribution in [0.25, 0.3) is 44.1 Å². The van der Waals surface area contributed by atoms with E-state index < -0.39 is 0 Å². The van der Waals surface area contributed by atoms with Gasteiger partial charge in [-0.15, -0.1) is 0 Å². The van der Waals surface area contributed by atoms with E-state index in [-0.39, 0.29) is 5.82 Å². The fourth-order valence-corrected chi connectivity index (χ4v) is 3.41. The van der Waals surface area contributed by atoms with Gasteiger partial charge in [0.1, 0.15) is 11.5 Å². The van der Waals surface area contributed by atoms with Gasteiger partial charge in [-0.1, -0.05) is 24.3 Å². The number of aromatic amines is 1. The second kappa shape index (κ2) is 5.52. The molecule has 0 spiro atoms. The first kappa shape index (κ1) is 14.8. The largest absolute Gasteiger partial charge is 0.345 e. The van der Waals surface area contributed by atoms with Gasteiger partial charge in [-0.05, 0) is 34.7 Å². The van der Waals surface area contributed by atoms with Crippen LogP contribution in [0.1, 0.15) is 0 Å². The summed E-state index contributed by atoms with van der Waals surface area (Å²) in [5.41, 5.74) is 4.96. The highest BCUT2D eigenvalue weighted by molar-refractivity contribution is 6.12. The van der Waals surface area contributed by atoms with Gasteiger partial charge in [0.25, 0.3) is 0 Å². The van der Waals surface area contributed by atoms with E-state index in [1.807, 2.05) is 31.8 Å². The average Bonchev–Trinajstić information content (AvgIpc) is 3.28. The highest BCUT2D eigenvalue weighted by Gasteiger charge is 2.12. The standard InChI is InChI=1S/C21H15FN4/c1-26-12-16(10-25-26)14-2-3-15-9-23-21-20(18(15)8-14)19(11-24-21)13-4-6-17(22)7-5-13/h2-12H,1H3,(H,23,24). The molecule has 126 valence electrons. The third-order valence-electron chi connectivity index (χ3n) is 4.71. The van der Waals surface area contributed by atoms with Crippen molar-refractivity contribution < 1.29 is 4.39 Å². The van der Waals surface area contributed by atoms with Gasteiger partial charge in [-0.3, -0.25) is 4.68 Å². The van der Waals surface area contributed by atoms with Crippen molar-refractivity contribution in [2.45, 2.75) is 0 Å². The van der Waals surface area contributed by atoms with Gasteiger partial charge in [0.15, 0.2) is 0 Å². The third-order valence-corrected chi connectivity index (χ3v) is 4.71. The van der Waals surface area contributed by atoms with Crippen LogP contribution < -0.4 is 0 Å². The highest BCUT2D eigenvalue weighted by atomic mass is 19.1. The number of aromatic nitrogens is 4. The van der Waals surface area contributed by atoms with Crippen molar-refractivity contribution >= 4 is 21.8 Å². The first-order valence-corrected chi connectivity index (χ1v) is 8.34. The van der Waals surface area contributed by atoms with Crippen LogP contribution in [0.4, 0.5) is 4.39 Å². The second-order valence-electron chi connectivity index (χ2n) is 6.40. The molecule has 2 aromatic carbocycles. The molecule has 5 aromatic rings.